The number of aryl methyl sites for hydroxylation is 1. The van der Waals surface area contributed by atoms with Crippen molar-refractivity contribution in [3.05, 3.63) is 65.2 Å². The van der Waals surface area contributed by atoms with Gasteiger partial charge in [0.1, 0.15) is 5.92 Å². The molecule has 0 aliphatic carbocycles. The summed E-state index contributed by atoms with van der Waals surface area (Å²) in [6.07, 6.45) is 0.363. The zero-order valence-corrected chi connectivity index (χ0v) is 13.4. The van der Waals surface area contributed by atoms with Crippen LogP contribution in [-0.4, -0.2) is 13.1 Å². The van der Waals surface area contributed by atoms with Gasteiger partial charge in [-0.3, -0.25) is 4.79 Å². The van der Waals surface area contributed by atoms with Crippen LogP contribution >= 0.6 is 0 Å². The van der Waals surface area contributed by atoms with Crippen molar-refractivity contribution >= 4 is 11.7 Å². The van der Waals surface area contributed by atoms with Gasteiger partial charge in [0.05, 0.1) is 13.2 Å². The summed E-state index contributed by atoms with van der Waals surface area (Å²) in [6.45, 7) is 2.82. The van der Waals surface area contributed by atoms with Gasteiger partial charge < -0.3 is 10.1 Å². The van der Waals surface area contributed by atoms with Crippen LogP contribution in [-0.2, 0) is 22.5 Å². The van der Waals surface area contributed by atoms with Crippen molar-refractivity contribution in [2.45, 2.75) is 19.9 Å². The molecule has 2 aromatic carbocycles. The quantitative estimate of drug-likeness (QED) is 0.830. The van der Waals surface area contributed by atoms with Crippen LogP contribution < -0.4 is 5.32 Å². The topological polar surface area (TPSA) is 62.1 Å². The molecular weight excluding hydrogens is 288 g/mol. The van der Waals surface area contributed by atoms with Crippen LogP contribution in [0.3, 0.4) is 0 Å². The van der Waals surface area contributed by atoms with E-state index in [9.17, 15) is 4.79 Å². The van der Waals surface area contributed by atoms with Crippen molar-refractivity contribution < 1.29 is 9.53 Å². The van der Waals surface area contributed by atoms with Crippen LogP contribution in [0.15, 0.2) is 48.5 Å². The molecule has 0 aliphatic heterocycles. The third kappa shape index (κ3) is 4.86. The molecule has 0 saturated carbocycles. The number of hydrogen-bond acceptors (Lipinski definition) is 4. The van der Waals surface area contributed by atoms with Gasteiger partial charge in [-0.25, -0.2) is 0 Å². The van der Waals surface area contributed by atoms with Crippen molar-refractivity contribution in [2.75, 3.05) is 12.4 Å². The van der Waals surface area contributed by atoms with Gasteiger partial charge in [-0.05, 0) is 36.6 Å². The van der Waals surface area contributed by atoms with E-state index < -0.39 is 11.9 Å². The predicted molar refractivity (Wildman–Crippen MR) is 89.8 cm³/mol. The summed E-state index contributed by atoms with van der Waals surface area (Å²) in [4.78, 5) is 11.4. The number of hydrogen-bond donors (Lipinski definition) is 1. The second-order valence-corrected chi connectivity index (χ2v) is 5.45. The van der Waals surface area contributed by atoms with E-state index in [2.05, 4.69) is 41.2 Å². The minimum absolute atomic E-state index is 0.363. The molecular formula is C19H20N2O2. The molecule has 0 bridgehead atoms. The van der Waals surface area contributed by atoms with Gasteiger partial charge in [0.15, 0.2) is 0 Å². The first-order chi connectivity index (χ1) is 11.1. The second-order valence-electron chi connectivity index (χ2n) is 5.45. The van der Waals surface area contributed by atoms with Crippen molar-refractivity contribution in [3.63, 3.8) is 0 Å². The van der Waals surface area contributed by atoms with E-state index in [0.717, 1.165) is 17.8 Å². The summed E-state index contributed by atoms with van der Waals surface area (Å²) in [5.41, 5.74) is 4.40. The molecule has 4 heteroatoms. The maximum atomic E-state index is 11.4. The summed E-state index contributed by atoms with van der Waals surface area (Å²) in [5, 5.41) is 12.4. The first kappa shape index (κ1) is 16.6. The standard InChI is InChI=1S/C19H20N2O2/c1-14-3-5-16(6-4-14)13-21-18-9-7-15(8-10-18)11-17(12-20)19(22)23-2/h3-10,17,21H,11,13H2,1-2H3. The molecule has 2 rings (SSSR count). The molecule has 23 heavy (non-hydrogen) atoms. The fourth-order valence-electron chi connectivity index (χ4n) is 2.23. The number of nitrogens with one attached hydrogen (secondary N) is 1. The number of rotatable bonds is 6. The number of methoxy groups -OCH3 is 1. The van der Waals surface area contributed by atoms with Crippen LogP contribution in [0.5, 0.6) is 0 Å². The van der Waals surface area contributed by atoms with Gasteiger partial charge >= 0.3 is 5.97 Å². The summed E-state index contributed by atoms with van der Waals surface area (Å²) >= 11 is 0. The van der Waals surface area contributed by atoms with Crippen LogP contribution in [0.4, 0.5) is 5.69 Å². The predicted octanol–water partition coefficient (Wildman–Crippen LogP) is 3.46. The number of benzene rings is 2. The first-order valence-electron chi connectivity index (χ1n) is 7.48. The molecule has 0 saturated heterocycles. The number of ether oxygens (including phenoxy) is 1. The highest BCUT2D eigenvalue weighted by Gasteiger charge is 2.18. The molecule has 1 N–H and O–H groups in total. The van der Waals surface area contributed by atoms with Crippen LogP contribution in [0.2, 0.25) is 0 Å². The van der Waals surface area contributed by atoms with Gasteiger partial charge in [0.25, 0.3) is 0 Å². The molecule has 1 unspecified atom stereocenters. The fourth-order valence-corrected chi connectivity index (χ4v) is 2.23. The molecule has 0 aliphatic rings. The molecule has 1 atom stereocenters. The van der Waals surface area contributed by atoms with E-state index in [1.54, 1.807) is 0 Å². The number of anilines is 1. The summed E-state index contributed by atoms with van der Waals surface area (Å²) in [7, 11) is 1.30. The van der Waals surface area contributed by atoms with E-state index >= 15 is 0 Å². The second kappa shape index (κ2) is 8.00. The minimum Gasteiger partial charge on any atom is -0.468 e. The fraction of sp³-hybridized carbons (Fsp3) is 0.263. The summed E-state index contributed by atoms with van der Waals surface area (Å²) in [6, 6.07) is 18.1. The lowest BCUT2D eigenvalue weighted by Crippen LogP contribution is -2.16. The van der Waals surface area contributed by atoms with Crippen molar-refractivity contribution in [3.8, 4) is 6.07 Å². The van der Waals surface area contributed by atoms with E-state index in [1.165, 1.54) is 18.2 Å². The largest absolute Gasteiger partial charge is 0.468 e. The smallest absolute Gasteiger partial charge is 0.323 e. The zero-order valence-electron chi connectivity index (χ0n) is 13.4. The summed E-state index contributed by atoms with van der Waals surface area (Å²) in [5.74, 6) is -1.25. The van der Waals surface area contributed by atoms with Gasteiger partial charge in [0, 0.05) is 12.2 Å². The Bertz CT molecular complexity index is 685. The van der Waals surface area contributed by atoms with Crippen molar-refractivity contribution in [2.24, 2.45) is 5.92 Å². The average molecular weight is 308 g/mol. The first-order valence-corrected chi connectivity index (χ1v) is 7.48. The Kier molecular flexibility index (Phi) is 5.76. The minimum atomic E-state index is -0.758. The highest BCUT2D eigenvalue weighted by Crippen LogP contribution is 2.15. The summed E-state index contributed by atoms with van der Waals surface area (Å²) < 4.78 is 4.62. The maximum Gasteiger partial charge on any atom is 0.323 e. The van der Waals surface area contributed by atoms with Gasteiger partial charge in [-0.2, -0.15) is 5.26 Å². The average Bonchev–Trinajstić information content (AvgIpc) is 2.59. The van der Waals surface area contributed by atoms with E-state index in [0.29, 0.717) is 6.42 Å². The van der Waals surface area contributed by atoms with E-state index in [1.807, 2.05) is 30.3 Å². The van der Waals surface area contributed by atoms with Crippen molar-refractivity contribution in [1.82, 2.24) is 0 Å². The van der Waals surface area contributed by atoms with Crippen LogP contribution in [0.1, 0.15) is 16.7 Å². The Hall–Kier alpha value is -2.80. The third-order valence-electron chi connectivity index (χ3n) is 3.65. The number of nitriles is 1. The highest BCUT2D eigenvalue weighted by atomic mass is 16.5. The number of carbonyl (C=O) groups is 1. The van der Waals surface area contributed by atoms with Gasteiger partial charge in [0.2, 0.25) is 0 Å². The van der Waals surface area contributed by atoms with E-state index in [-0.39, 0.29) is 0 Å². The van der Waals surface area contributed by atoms with E-state index in [4.69, 9.17) is 5.26 Å². The Labute approximate surface area is 136 Å². The molecule has 0 aromatic heterocycles. The van der Waals surface area contributed by atoms with Gasteiger partial charge in [-0.1, -0.05) is 42.0 Å². The van der Waals surface area contributed by atoms with Crippen LogP contribution in [0, 0.1) is 24.2 Å². The lowest BCUT2D eigenvalue weighted by molar-refractivity contribution is -0.143. The van der Waals surface area contributed by atoms with Crippen LogP contribution in [0.25, 0.3) is 0 Å². The number of nitrogens with zero attached hydrogens (tertiary/aromatic N) is 1. The normalized spacial score (nSPS) is 11.3. The highest BCUT2D eigenvalue weighted by molar-refractivity contribution is 5.75. The molecule has 0 fully saturated rings. The molecule has 0 spiro atoms. The zero-order chi connectivity index (χ0) is 16.7. The molecule has 0 radical (unpaired) electrons. The Morgan fingerprint density at radius 1 is 1.13 bits per heavy atom. The van der Waals surface area contributed by atoms with Gasteiger partial charge in [-0.15, -0.1) is 0 Å². The third-order valence-corrected chi connectivity index (χ3v) is 3.65. The molecule has 118 valence electrons. The lowest BCUT2D eigenvalue weighted by Gasteiger charge is -2.09. The molecule has 0 amide bonds. The van der Waals surface area contributed by atoms with Crippen molar-refractivity contribution in [1.29, 1.82) is 5.26 Å². The Morgan fingerprint density at radius 3 is 2.30 bits per heavy atom. The molecule has 0 heterocycles. The maximum absolute atomic E-state index is 11.4. The monoisotopic (exact) mass is 308 g/mol. The Balaban J connectivity index is 1.93. The molecule has 4 nitrogen and oxygen atoms in total. The molecule has 2 aromatic rings. The lowest BCUT2D eigenvalue weighted by atomic mass is 10.0. The number of carbonyl (C=O) groups excluding carboxylic acids is 1. The number of esters is 1. The SMILES string of the molecule is COC(=O)C(C#N)Cc1ccc(NCc2ccc(C)cc2)cc1. The Morgan fingerprint density at radius 2 is 1.74 bits per heavy atom.